The summed E-state index contributed by atoms with van der Waals surface area (Å²) in [5.41, 5.74) is 6.10. The summed E-state index contributed by atoms with van der Waals surface area (Å²) in [6.07, 6.45) is 2.82. The van der Waals surface area contributed by atoms with Gasteiger partial charge in [-0.25, -0.2) is 0 Å². The molecule has 0 amide bonds. The van der Waals surface area contributed by atoms with Crippen molar-refractivity contribution >= 4 is 16.8 Å². The molecule has 0 spiro atoms. The van der Waals surface area contributed by atoms with Crippen molar-refractivity contribution in [2.24, 2.45) is 0 Å². The van der Waals surface area contributed by atoms with Gasteiger partial charge in [-0.15, -0.1) is 0 Å². The number of benzene rings is 1. The van der Waals surface area contributed by atoms with Gasteiger partial charge in [0.2, 0.25) is 11.6 Å². The molecule has 0 radical (unpaired) electrons. The molecule has 2 N–H and O–H groups in total. The summed E-state index contributed by atoms with van der Waals surface area (Å²) < 4.78 is 10.9. The molecule has 0 atom stereocenters. The first-order valence-corrected chi connectivity index (χ1v) is 5.45. The third-order valence-corrected chi connectivity index (χ3v) is 2.49. The van der Waals surface area contributed by atoms with E-state index in [0.717, 1.165) is 0 Å². The van der Waals surface area contributed by atoms with E-state index in [4.69, 9.17) is 20.1 Å². The third-order valence-electron chi connectivity index (χ3n) is 2.49. The van der Waals surface area contributed by atoms with Crippen LogP contribution in [0.5, 0.6) is 11.6 Å². The van der Waals surface area contributed by atoms with Crippen LogP contribution in [0.2, 0.25) is 0 Å². The van der Waals surface area contributed by atoms with Gasteiger partial charge in [0.25, 0.3) is 0 Å². The molecule has 6 nitrogen and oxygen atoms in total. The number of hydrogen-bond donors (Lipinski definition) is 1. The van der Waals surface area contributed by atoms with Crippen LogP contribution in [0.15, 0.2) is 41.1 Å². The molecular formula is C13H8N4O2. The lowest BCUT2D eigenvalue weighted by molar-refractivity contribution is 0.449. The minimum absolute atomic E-state index is 0.0884. The number of nitrogens with two attached hydrogens (primary N) is 1. The number of hydrogen-bond acceptors (Lipinski definition) is 6. The third kappa shape index (κ3) is 1.93. The molecule has 3 aromatic rings. The van der Waals surface area contributed by atoms with Crippen molar-refractivity contribution in [3.63, 3.8) is 0 Å². The van der Waals surface area contributed by atoms with Gasteiger partial charge >= 0.3 is 0 Å². The first-order chi connectivity index (χ1) is 9.28. The van der Waals surface area contributed by atoms with E-state index in [1.165, 1.54) is 12.4 Å². The molecule has 0 unspecified atom stereocenters. The van der Waals surface area contributed by atoms with Crippen LogP contribution in [-0.4, -0.2) is 9.97 Å². The Morgan fingerprint density at radius 1 is 1.26 bits per heavy atom. The first-order valence-electron chi connectivity index (χ1n) is 5.45. The van der Waals surface area contributed by atoms with Crippen LogP contribution < -0.4 is 10.5 Å². The minimum Gasteiger partial charge on any atom is -0.442 e. The van der Waals surface area contributed by atoms with Crippen molar-refractivity contribution in [1.82, 2.24) is 9.97 Å². The fourth-order valence-electron chi connectivity index (χ4n) is 1.71. The average Bonchev–Trinajstić information content (AvgIpc) is 2.77. The fourth-order valence-corrected chi connectivity index (χ4v) is 1.71. The molecule has 3 rings (SSSR count). The van der Waals surface area contributed by atoms with Gasteiger partial charge in [-0.2, -0.15) is 10.2 Å². The Kier molecular flexibility index (Phi) is 2.50. The predicted octanol–water partition coefficient (Wildman–Crippen LogP) is 2.47. The Bertz CT molecular complexity index is 789. The van der Waals surface area contributed by atoms with Gasteiger partial charge in [-0.05, 0) is 12.1 Å². The summed E-state index contributed by atoms with van der Waals surface area (Å²) in [4.78, 5) is 7.85. The number of anilines is 1. The van der Waals surface area contributed by atoms with Gasteiger partial charge < -0.3 is 14.9 Å². The molecule has 2 heterocycles. The lowest BCUT2D eigenvalue weighted by atomic mass is 10.2. The van der Waals surface area contributed by atoms with Gasteiger partial charge in [0.05, 0.1) is 17.8 Å². The van der Waals surface area contributed by atoms with E-state index in [2.05, 4.69) is 9.97 Å². The second-order valence-corrected chi connectivity index (χ2v) is 3.75. The van der Waals surface area contributed by atoms with Crippen molar-refractivity contribution in [3.8, 4) is 17.7 Å². The highest BCUT2D eigenvalue weighted by atomic mass is 16.5. The number of nitrogens with zero attached hydrogens (tertiary/aromatic N) is 3. The molecule has 2 aromatic heterocycles. The second-order valence-electron chi connectivity index (χ2n) is 3.75. The van der Waals surface area contributed by atoms with Gasteiger partial charge in [0.15, 0.2) is 5.75 Å². The molecular weight excluding hydrogens is 244 g/mol. The first kappa shape index (κ1) is 11.0. The summed E-state index contributed by atoms with van der Waals surface area (Å²) in [6.45, 7) is 0. The molecule has 0 fully saturated rings. The molecule has 0 aliphatic carbocycles. The zero-order valence-electron chi connectivity index (χ0n) is 9.70. The van der Waals surface area contributed by atoms with Crippen LogP contribution in [0, 0.1) is 11.3 Å². The molecule has 92 valence electrons. The van der Waals surface area contributed by atoms with Crippen molar-refractivity contribution in [2.75, 3.05) is 5.73 Å². The summed E-state index contributed by atoms with van der Waals surface area (Å²) in [7, 11) is 0. The average molecular weight is 252 g/mol. The van der Waals surface area contributed by atoms with Crippen molar-refractivity contribution in [2.45, 2.75) is 0 Å². The molecule has 1 aromatic carbocycles. The quantitative estimate of drug-likeness (QED) is 0.752. The van der Waals surface area contributed by atoms with E-state index in [9.17, 15) is 0 Å². The Labute approximate surface area is 108 Å². The number of furan rings is 1. The normalized spacial score (nSPS) is 10.3. The highest BCUT2D eigenvalue weighted by Gasteiger charge is 2.16. The lowest BCUT2D eigenvalue weighted by Gasteiger charge is -2.02. The Morgan fingerprint density at radius 3 is 2.89 bits per heavy atom. The number of aromatic nitrogens is 2. The molecule has 0 bridgehead atoms. The van der Waals surface area contributed by atoms with Gasteiger partial charge in [-0.3, -0.25) is 4.98 Å². The Hall–Kier alpha value is -3.07. The number of ether oxygens (including phenoxy) is 1. The van der Waals surface area contributed by atoms with Crippen LogP contribution >= 0.6 is 0 Å². The zero-order valence-corrected chi connectivity index (χ0v) is 9.70. The summed E-state index contributed by atoms with van der Waals surface area (Å²) in [5, 5.41) is 9.77. The molecule has 0 aliphatic rings. The van der Waals surface area contributed by atoms with Crippen LogP contribution in [-0.2, 0) is 0 Å². The van der Waals surface area contributed by atoms with Crippen molar-refractivity contribution < 1.29 is 9.15 Å². The maximum atomic E-state index is 9.07. The van der Waals surface area contributed by atoms with Gasteiger partial charge in [-0.1, -0.05) is 12.1 Å². The Morgan fingerprint density at radius 2 is 2.11 bits per heavy atom. The highest BCUT2D eigenvalue weighted by Crippen LogP contribution is 2.35. The van der Waals surface area contributed by atoms with Gasteiger partial charge in [0.1, 0.15) is 17.5 Å². The topological polar surface area (TPSA) is 98.0 Å². The van der Waals surface area contributed by atoms with Crippen LogP contribution in [0.3, 0.4) is 0 Å². The molecule has 6 heteroatoms. The molecule has 0 saturated carbocycles. The van der Waals surface area contributed by atoms with E-state index >= 15 is 0 Å². The van der Waals surface area contributed by atoms with Crippen LogP contribution in [0.25, 0.3) is 11.0 Å². The molecule has 0 saturated heterocycles. The SMILES string of the molecule is N#Cc1oc2ccccc2c1Oc1cncc(N)n1. The van der Waals surface area contributed by atoms with E-state index in [1.807, 2.05) is 18.2 Å². The second kappa shape index (κ2) is 4.31. The van der Waals surface area contributed by atoms with E-state index in [1.54, 1.807) is 12.1 Å². The van der Waals surface area contributed by atoms with E-state index < -0.39 is 0 Å². The number of para-hydroxylation sites is 1. The summed E-state index contributed by atoms with van der Waals surface area (Å²) in [6, 6.07) is 9.15. The monoisotopic (exact) mass is 252 g/mol. The number of rotatable bonds is 2. The molecule has 0 aliphatic heterocycles. The van der Waals surface area contributed by atoms with Crippen LogP contribution in [0.1, 0.15) is 5.76 Å². The highest BCUT2D eigenvalue weighted by molar-refractivity contribution is 5.86. The van der Waals surface area contributed by atoms with Crippen LogP contribution in [0.4, 0.5) is 5.82 Å². The minimum atomic E-state index is 0.0884. The standard InChI is InChI=1S/C13H8N4O2/c14-5-10-13(8-3-1-2-4-9(8)18-10)19-12-7-16-6-11(15)17-12/h1-4,6-7H,(H2,15,17). The maximum Gasteiger partial charge on any atom is 0.247 e. The number of fused-ring (bicyclic) bond motifs is 1. The fraction of sp³-hybridized carbons (Fsp3) is 0. The summed E-state index contributed by atoms with van der Waals surface area (Å²) in [5.74, 6) is 0.857. The van der Waals surface area contributed by atoms with Crippen molar-refractivity contribution in [3.05, 3.63) is 42.4 Å². The lowest BCUT2D eigenvalue weighted by Crippen LogP contribution is -1.95. The number of nitriles is 1. The maximum absolute atomic E-state index is 9.07. The largest absolute Gasteiger partial charge is 0.442 e. The molecule has 19 heavy (non-hydrogen) atoms. The Balaban J connectivity index is 2.12. The van der Waals surface area contributed by atoms with E-state index in [0.29, 0.717) is 16.7 Å². The predicted molar refractivity (Wildman–Crippen MR) is 67.4 cm³/mol. The van der Waals surface area contributed by atoms with Crippen molar-refractivity contribution in [1.29, 1.82) is 5.26 Å². The summed E-state index contributed by atoms with van der Waals surface area (Å²) >= 11 is 0. The zero-order chi connectivity index (χ0) is 13.2. The smallest absolute Gasteiger partial charge is 0.247 e. The number of nitrogen functional groups attached to an aromatic ring is 1. The van der Waals surface area contributed by atoms with Gasteiger partial charge in [0, 0.05) is 0 Å². The van der Waals surface area contributed by atoms with E-state index in [-0.39, 0.29) is 17.5 Å².